The molecule has 0 radical (unpaired) electrons. The van der Waals surface area contributed by atoms with Gasteiger partial charge in [-0.05, 0) is 25.0 Å². The lowest BCUT2D eigenvalue weighted by Gasteiger charge is -2.43. The highest BCUT2D eigenvalue weighted by molar-refractivity contribution is 6.32. The summed E-state index contributed by atoms with van der Waals surface area (Å²) in [7, 11) is 0. The van der Waals surface area contributed by atoms with Gasteiger partial charge in [0.15, 0.2) is 0 Å². The summed E-state index contributed by atoms with van der Waals surface area (Å²) in [5, 5.41) is 0.682. The summed E-state index contributed by atoms with van der Waals surface area (Å²) >= 11 is 12.2. The lowest BCUT2D eigenvalue weighted by molar-refractivity contribution is -0.129. The highest BCUT2D eigenvalue weighted by Crippen LogP contribution is 2.40. The second-order valence-corrected chi connectivity index (χ2v) is 6.85. The first kappa shape index (κ1) is 15.5. The topological polar surface area (TPSA) is 18.5 Å². The van der Waals surface area contributed by atoms with E-state index in [-0.39, 0.29) is 11.7 Å². The second-order valence-electron chi connectivity index (χ2n) is 6.17. The summed E-state index contributed by atoms with van der Waals surface area (Å²) in [6.07, 6.45) is 8.36. The molecule has 2 nitrogen and oxygen atoms in total. The fourth-order valence-corrected chi connectivity index (χ4v) is 4.16. The lowest BCUT2D eigenvalue weighted by Crippen LogP contribution is -2.45. The molecule has 1 aliphatic carbocycles. The number of hydrogen-bond acceptors (Lipinski definition) is 2. The van der Waals surface area contributed by atoms with E-state index in [4.69, 9.17) is 32.7 Å². The normalized spacial score (nSPS) is 25.0. The summed E-state index contributed by atoms with van der Waals surface area (Å²) in [4.78, 5) is 0. The molecule has 1 unspecified atom stereocenters. The van der Waals surface area contributed by atoms with E-state index in [1.54, 1.807) is 0 Å². The first-order chi connectivity index (χ1) is 10.2. The van der Waals surface area contributed by atoms with Crippen LogP contribution in [0.2, 0.25) is 5.02 Å². The predicted octanol–water partition coefficient (Wildman–Crippen LogP) is 5.34. The van der Waals surface area contributed by atoms with Gasteiger partial charge in [-0.3, -0.25) is 0 Å². The van der Waals surface area contributed by atoms with E-state index in [1.165, 1.54) is 32.1 Å². The summed E-state index contributed by atoms with van der Waals surface area (Å²) in [5.74, 6) is 1.21. The zero-order valence-electron chi connectivity index (χ0n) is 12.2. The molecule has 2 aliphatic rings. The van der Waals surface area contributed by atoms with Crippen molar-refractivity contribution in [3.8, 4) is 5.75 Å². The van der Waals surface area contributed by atoms with E-state index in [9.17, 15) is 0 Å². The Morgan fingerprint density at radius 2 is 2.05 bits per heavy atom. The summed E-state index contributed by atoms with van der Waals surface area (Å²) in [6, 6.07) is 5.74. The van der Waals surface area contributed by atoms with Crippen molar-refractivity contribution >= 4 is 23.2 Å². The molecule has 2 fully saturated rings. The lowest BCUT2D eigenvalue weighted by atomic mass is 9.79. The van der Waals surface area contributed by atoms with Crippen LogP contribution in [0.15, 0.2) is 18.2 Å². The van der Waals surface area contributed by atoms with Crippen molar-refractivity contribution in [1.82, 2.24) is 0 Å². The molecular formula is C17H22Cl2O2. The van der Waals surface area contributed by atoms with E-state index in [0.29, 0.717) is 10.9 Å². The molecule has 4 heteroatoms. The second kappa shape index (κ2) is 6.76. The summed E-state index contributed by atoms with van der Waals surface area (Å²) < 4.78 is 12.4. The zero-order valence-corrected chi connectivity index (χ0v) is 13.8. The first-order valence-electron chi connectivity index (χ1n) is 7.86. The van der Waals surface area contributed by atoms with Gasteiger partial charge in [-0.25, -0.2) is 0 Å². The Morgan fingerprint density at radius 3 is 2.81 bits per heavy atom. The Balaban J connectivity index is 1.71. The average molecular weight is 329 g/mol. The van der Waals surface area contributed by atoms with Gasteiger partial charge in [0, 0.05) is 23.4 Å². The van der Waals surface area contributed by atoms with Crippen LogP contribution in [-0.2, 0) is 10.6 Å². The van der Waals surface area contributed by atoms with Crippen molar-refractivity contribution in [1.29, 1.82) is 0 Å². The number of halogens is 2. The Bertz CT molecular complexity index is 478. The van der Waals surface area contributed by atoms with Crippen LogP contribution in [-0.4, -0.2) is 18.3 Å². The number of benzene rings is 1. The van der Waals surface area contributed by atoms with E-state index in [1.807, 2.05) is 18.2 Å². The van der Waals surface area contributed by atoms with E-state index in [0.717, 1.165) is 30.8 Å². The first-order valence-corrected chi connectivity index (χ1v) is 8.78. The Hall–Kier alpha value is -0.440. The Labute approximate surface area is 136 Å². The van der Waals surface area contributed by atoms with Gasteiger partial charge in [0.2, 0.25) is 0 Å². The summed E-state index contributed by atoms with van der Waals surface area (Å²) in [6.45, 7) is 0.793. The molecule has 21 heavy (non-hydrogen) atoms. The molecule has 0 bridgehead atoms. The Kier molecular flexibility index (Phi) is 4.98. The highest BCUT2D eigenvalue weighted by atomic mass is 35.5. The maximum atomic E-state index is 6.24. The molecule has 1 aromatic carbocycles. The molecule has 1 aliphatic heterocycles. The van der Waals surface area contributed by atoms with Crippen LogP contribution in [0.1, 0.15) is 50.5 Å². The van der Waals surface area contributed by atoms with Gasteiger partial charge in [-0.2, -0.15) is 0 Å². The number of rotatable bonds is 3. The van der Waals surface area contributed by atoms with Crippen molar-refractivity contribution in [2.45, 2.75) is 62.5 Å². The Morgan fingerprint density at radius 1 is 1.24 bits per heavy atom. The molecular weight excluding hydrogens is 307 g/mol. The number of alkyl halides is 1. The van der Waals surface area contributed by atoms with Gasteiger partial charge in [-0.1, -0.05) is 36.9 Å². The van der Waals surface area contributed by atoms with Crippen molar-refractivity contribution < 1.29 is 9.47 Å². The highest BCUT2D eigenvalue weighted by Gasteiger charge is 2.39. The largest absolute Gasteiger partial charge is 0.490 e. The molecule has 116 valence electrons. The van der Waals surface area contributed by atoms with Crippen molar-refractivity contribution in [2.24, 2.45) is 0 Å². The monoisotopic (exact) mass is 328 g/mol. The van der Waals surface area contributed by atoms with Crippen LogP contribution in [0.25, 0.3) is 0 Å². The van der Waals surface area contributed by atoms with Gasteiger partial charge >= 0.3 is 0 Å². The SMILES string of the molecule is ClCc1c(Cl)cccc1OC1CCOC2(CCCCC2)C1. The maximum Gasteiger partial charge on any atom is 0.125 e. The minimum Gasteiger partial charge on any atom is -0.490 e. The predicted molar refractivity (Wildman–Crippen MR) is 86.4 cm³/mol. The van der Waals surface area contributed by atoms with Gasteiger partial charge in [0.25, 0.3) is 0 Å². The van der Waals surface area contributed by atoms with Gasteiger partial charge < -0.3 is 9.47 Å². The molecule has 1 heterocycles. The van der Waals surface area contributed by atoms with Crippen LogP contribution in [0.4, 0.5) is 0 Å². The molecule has 1 atom stereocenters. The van der Waals surface area contributed by atoms with Crippen LogP contribution < -0.4 is 4.74 Å². The third-order valence-electron chi connectivity index (χ3n) is 4.72. The van der Waals surface area contributed by atoms with E-state index in [2.05, 4.69) is 0 Å². The van der Waals surface area contributed by atoms with Crippen molar-refractivity contribution in [3.63, 3.8) is 0 Å². The van der Waals surface area contributed by atoms with Crippen molar-refractivity contribution in [2.75, 3.05) is 6.61 Å². The minimum absolute atomic E-state index is 0.0564. The van der Waals surface area contributed by atoms with E-state index < -0.39 is 0 Å². The standard InChI is InChI=1S/C17H22Cl2O2/c18-12-14-15(19)5-4-6-16(14)21-13-7-10-20-17(11-13)8-2-1-3-9-17/h4-6,13H,1-3,7-12H2. The van der Waals surface area contributed by atoms with Crippen molar-refractivity contribution in [3.05, 3.63) is 28.8 Å². The van der Waals surface area contributed by atoms with Crippen LogP contribution >= 0.6 is 23.2 Å². The third-order valence-corrected chi connectivity index (χ3v) is 5.34. The third kappa shape index (κ3) is 3.49. The molecule has 1 saturated carbocycles. The molecule has 0 aromatic heterocycles. The van der Waals surface area contributed by atoms with Gasteiger partial charge in [0.05, 0.1) is 18.1 Å². The van der Waals surface area contributed by atoms with Gasteiger partial charge in [-0.15, -0.1) is 11.6 Å². The number of ether oxygens (including phenoxy) is 2. The zero-order chi connectivity index (χ0) is 14.7. The quantitative estimate of drug-likeness (QED) is 0.697. The van der Waals surface area contributed by atoms with Gasteiger partial charge in [0.1, 0.15) is 11.9 Å². The number of hydrogen-bond donors (Lipinski definition) is 0. The van der Waals surface area contributed by atoms with Crippen LogP contribution in [0.3, 0.4) is 0 Å². The molecule has 0 amide bonds. The minimum atomic E-state index is 0.0564. The molecule has 1 spiro atoms. The summed E-state index contributed by atoms with van der Waals surface area (Å²) in [5.41, 5.74) is 0.950. The molecule has 1 aromatic rings. The van der Waals surface area contributed by atoms with Crippen LogP contribution in [0, 0.1) is 0 Å². The van der Waals surface area contributed by atoms with E-state index >= 15 is 0 Å². The smallest absolute Gasteiger partial charge is 0.125 e. The average Bonchev–Trinajstić information content (AvgIpc) is 2.48. The molecule has 3 rings (SSSR count). The maximum absolute atomic E-state index is 6.24. The molecule has 0 N–H and O–H groups in total. The van der Waals surface area contributed by atoms with Crippen LogP contribution in [0.5, 0.6) is 5.75 Å². The molecule has 1 saturated heterocycles. The fourth-order valence-electron chi connectivity index (χ4n) is 3.59. The fraction of sp³-hybridized carbons (Fsp3) is 0.647.